The zero-order chi connectivity index (χ0) is 16.9. The van der Waals surface area contributed by atoms with Gasteiger partial charge in [0.15, 0.2) is 0 Å². The van der Waals surface area contributed by atoms with Crippen LogP contribution in [0.5, 0.6) is 0 Å². The Hall–Kier alpha value is -1.82. The van der Waals surface area contributed by atoms with Crippen LogP contribution >= 0.6 is 11.6 Å². The van der Waals surface area contributed by atoms with Crippen LogP contribution in [0.2, 0.25) is 5.02 Å². The van der Waals surface area contributed by atoms with Gasteiger partial charge in [0.2, 0.25) is 0 Å². The minimum atomic E-state index is -0.146. The Morgan fingerprint density at radius 1 is 1.33 bits per heavy atom. The third-order valence-electron chi connectivity index (χ3n) is 4.30. The van der Waals surface area contributed by atoms with Crippen molar-refractivity contribution in [3.8, 4) is 0 Å². The Kier molecular flexibility index (Phi) is 5.56. The summed E-state index contributed by atoms with van der Waals surface area (Å²) in [4.78, 5) is 17.5. The van der Waals surface area contributed by atoms with Gasteiger partial charge in [-0.05, 0) is 18.6 Å². The second-order valence-corrected chi connectivity index (χ2v) is 6.45. The van der Waals surface area contributed by atoms with E-state index in [1.807, 2.05) is 0 Å². The molecule has 1 unspecified atom stereocenters. The van der Waals surface area contributed by atoms with Gasteiger partial charge in [-0.15, -0.1) is 0 Å². The van der Waals surface area contributed by atoms with E-state index in [1.54, 1.807) is 12.3 Å². The van der Waals surface area contributed by atoms with Crippen molar-refractivity contribution in [1.29, 1.82) is 0 Å². The van der Waals surface area contributed by atoms with Crippen molar-refractivity contribution in [2.24, 2.45) is 0 Å². The normalized spacial score (nSPS) is 16.8. The second kappa shape index (κ2) is 7.83. The Labute approximate surface area is 146 Å². The SMILES string of the molecule is Cc1ccc(C(CNC(=O)c2cc(Cl)c[nH]2)N2CCOCC2)cc1. The number of benzene rings is 1. The fraction of sp³-hybridized carbons (Fsp3) is 0.389. The topological polar surface area (TPSA) is 57.4 Å². The molecule has 1 aromatic carbocycles. The smallest absolute Gasteiger partial charge is 0.267 e. The van der Waals surface area contributed by atoms with Gasteiger partial charge in [0.25, 0.3) is 5.91 Å². The molecule has 24 heavy (non-hydrogen) atoms. The Balaban J connectivity index is 1.71. The van der Waals surface area contributed by atoms with Crippen LogP contribution in [0.15, 0.2) is 36.5 Å². The van der Waals surface area contributed by atoms with Gasteiger partial charge >= 0.3 is 0 Å². The maximum atomic E-state index is 12.3. The first-order valence-corrected chi connectivity index (χ1v) is 8.52. The van der Waals surface area contributed by atoms with Crippen molar-refractivity contribution >= 4 is 17.5 Å². The molecule has 1 atom stereocenters. The molecule has 1 aliphatic heterocycles. The van der Waals surface area contributed by atoms with Crippen LogP contribution in [-0.2, 0) is 4.74 Å². The van der Waals surface area contributed by atoms with E-state index in [1.165, 1.54) is 11.1 Å². The van der Waals surface area contributed by atoms with E-state index in [0.29, 0.717) is 17.3 Å². The first kappa shape index (κ1) is 17.0. The summed E-state index contributed by atoms with van der Waals surface area (Å²) in [6.45, 7) is 5.79. The standard InChI is InChI=1S/C18H22ClN3O2/c1-13-2-4-14(5-3-13)17(22-6-8-24-9-7-22)12-21-18(23)16-10-15(19)11-20-16/h2-5,10-11,17,20H,6-9,12H2,1H3,(H,21,23). The maximum absolute atomic E-state index is 12.3. The van der Waals surface area contributed by atoms with E-state index in [9.17, 15) is 4.79 Å². The van der Waals surface area contributed by atoms with Crippen LogP contribution < -0.4 is 5.32 Å². The molecule has 1 saturated heterocycles. The molecule has 1 amide bonds. The number of halogens is 1. The second-order valence-electron chi connectivity index (χ2n) is 6.02. The zero-order valence-electron chi connectivity index (χ0n) is 13.7. The number of aryl methyl sites for hydroxylation is 1. The fourth-order valence-corrected chi connectivity index (χ4v) is 3.08. The van der Waals surface area contributed by atoms with Gasteiger partial charge in [-0.1, -0.05) is 41.4 Å². The van der Waals surface area contributed by atoms with Crippen LogP contribution in [0.25, 0.3) is 0 Å². The van der Waals surface area contributed by atoms with E-state index in [4.69, 9.17) is 16.3 Å². The van der Waals surface area contributed by atoms with Gasteiger partial charge in [-0.25, -0.2) is 0 Å². The summed E-state index contributed by atoms with van der Waals surface area (Å²) in [5.74, 6) is -0.146. The molecule has 0 spiro atoms. The molecule has 3 rings (SSSR count). The van der Waals surface area contributed by atoms with Crippen LogP contribution in [0.4, 0.5) is 0 Å². The van der Waals surface area contributed by atoms with Crippen molar-refractivity contribution in [1.82, 2.24) is 15.2 Å². The number of carbonyl (C=O) groups is 1. The Morgan fingerprint density at radius 3 is 2.67 bits per heavy atom. The van der Waals surface area contributed by atoms with Crippen LogP contribution in [0, 0.1) is 6.92 Å². The maximum Gasteiger partial charge on any atom is 0.267 e. The van der Waals surface area contributed by atoms with E-state index in [2.05, 4.69) is 46.4 Å². The number of amides is 1. The minimum absolute atomic E-state index is 0.129. The zero-order valence-corrected chi connectivity index (χ0v) is 14.5. The van der Waals surface area contributed by atoms with E-state index in [-0.39, 0.29) is 11.9 Å². The Morgan fingerprint density at radius 2 is 2.04 bits per heavy atom. The number of morpholine rings is 1. The molecule has 0 bridgehead atoms. The number of rotatable bonds is 5. The number of nitrogens with zero attached hydrogens (tertiary/aromatic N) is 1. The first-order chi connectivity index (χ1) is 11.6. The van der Waals surface area contributed by atoms with E-state index in [0.717, 1.165) is 26.3 Å². The minimum Gasteiger partial charge on any atom is -0.379 e. The van der Waals surface area contributed by atoms with Gasteiger partial charge < -0.3 is 15.0 Å². The van der Waals surface area contributed by atoms with Gasteiger partial charge in [0.05, 0.1) is 24.3 Å². The highest BCUT2D eigenvalue weighted by molar-refractivity contribution is 6.30. The lowest BCUT2D eigenvalue weighted by Gasteiger charge is -2.35. The highest BCUT2D eigenvalue weighted by Gasteiger charge is 2.23. The van der Waals surface area contributed by atoms with Gasteiger partial charge in [-0.3, -0.25) is 9.69 Å². The summed E-state index contributed by atoms with van der Waals surface area (Å²) in [6.07, 6.45) is 1.61. The fourth-order valence-electron chi connectivity index (χ4n) is 2.92. The number of hydrogen-bond donors (Lipinski definition) is 2. The summed E-state index contributed by atoms with van der Waals surface area (Å²) >= 11 is 5.87. The van der Waals surface area contributed by atoms with E-state index < -0.39 is 0 Å². The molecular weight excluding hydrogens is 326 g/mol. The van der Waals surface area contributed by atoms with Crippen molar-refractivity contribution in [3.63, 3.8) is 0 Å². The highest BCUT2D eigenvalue weighted by Crippen LogP contribution is 2.22. The molecule has 1 fully saturated rings. The largest absolute Gasteiger partial charge is 0.379 e. The first-order valence-electron chi connectivity index (χ1n) is 8.14. The molecule has 6 heteroatoms. The van der Waals surface area contributed by atoms with E-state index >= 15 is 0 Å². The monoisotopic (exact) mass is 347 g/mol. The molecule has 1 aliphatic rings. The summed E-state index contributed by atoms with van der Waals surface area (Å²) < 4.78 is 5.45. The number of H-pyrrole nitrogens is 1. The lowest BCUT2D eigenvalue weighted by molar-refractivity contribution is 0.0162. The molecule has 0 saturated carbocycles. The molecule has 1 aromatic heterocycles. The molecular formula is C18H22ClN3O2. The van der Waals surface area contributed by atoms with Gasteiger partial charge in [0, 0.05) is 25.8 Å². The molecule has 128 valence electrons. The number of aromatic nitrogens is 1. The average molecular weight is 348 g/mol. The number of hydrogen-bond acceptors (Lipinski definition) is 3. The number of carbonyl (C=O) groups excluding carboxylic acids is 1. The average Bonchev–Trinajstić information content (AvgIpc) is 3.04. The molecule has 2 N–H and O–H groups in total. The molecule has 5 nitrogen and oxygen atoms in total. The van der Waals surface area contributed by atoms with Gasteiger partial charge in [0.1, 0.15) is 5.69 Å². The lowest BCUT2D eigenvalue weighted by atomic mass is 10.0. The highest BCUT2D eigenvalue weighted by atomic mass is 35.5. The molecule has 0 radical (unpaired) electrons. The van der Waals surface area contributed by atoms with Crippen molar-refractivity contribution in [2.75, 3.05) is 32.8 Å². The number of ether oxygens (including phenoxy) is 1. The van der Waals surface area contributed by atoms with Crippen LogP contribution in [-0.4, -0.2) is 48.6 Å². The van der Waals surface area contributed by atoms with Crippen molar-refractivity contribution < 1.29 is 9.53 Å². The summed E-state index contributed by atoms with van der Waals surface area (Å²) in [7, 11) is 0. The van der Waals surface area contributed by atoms with Crippen LogP contribution in [0.1, 0.15) is 27.7 Å². The summed E-state index contributed by atoms with van der Waals surface area (Å²) in [5, 5.41) is 3.54. The lowest BCUT2D eigenvalue weighted by Crippen LogP contribution is -2.43. The predicted octanol–water partition coefficient (Wildman–Crippen LogP) is 2.78. The summed E-state index contributed by atoms with van der Waals surface area (Å²) in [6, 6.07) is 10.2. The number of nitrogens with one attached hydrogen (secondary N) is 2. The summed E-state index contributed by atoms with van der Waals surface area (Å²) in [5.41, 5.74) is 2.90. The van der Waals surface area contributed by atoms with Crippen molar-refractivity contribution in [3.05, 3.63) is 58.4 Å². The molecule has 2 aromatic rings. The van der Waals surface area contributed by atoms with Gasteiger partial charge in [-0.2, -0.15) is 0 Å². The third-order valence-corrected chi connectivity index (χ3v) is 4.52. The van der Waals surface area contributed by atoms with Crippen LogP contribution in [0.3, 0.4) is 0 Å². The predicted molar refractivity (Wildman–Crippen MR) is 94.4 cm³/mol. The molecule has 2 heterocycles. The van der Waals surface area contributed by atoms with Crippen molar-refractivity contribution in [2.45, 2.75) is 13.0 Å². The number of aromatic amines is 1. The molecule has 0 aliphatic carbocycles. The Bertz CT molecular complexity index is 678. The quantitative estimate of drug-likeness (QED) is 0.874. The third kappa shape index (κ3) is 4.17.